The standard InChI is InChI=1S/C15H23N3O/c19-15(16-10-12-6-2-1-3-7-12)13-11-18-9-5-4-8-14(18)17-13/h11-12H,1-10H2,(H,16,19). The second kappa shape index (κ2) is 5.76. The number of imidazole rings is 1. The topological polar surface area (TPSA) is 46.9 Å². The maximum Gasteiger partial charge on any atom is 0.271 e. The van der Waals surface area contributed by atoms with Crippen molar-refractivity contribution in [2.24, 2.45) is 5.92 Å². The number of hydrogen-bond acceptors (Lipinski definition) is 2. The average Bonchev–Trinajstić information content (AvgIpc) is 2.90. The van der Waals surface area contributed by atoms with Gasteiger partial charge in [-0.1, -0.05) is 19.3 Å². The molecular weight excluding hydrogens is 238 g/mol. The van der Waals surface area contributed by atoms with Gasteiger partial charge in [-0.2, -0.15) is 0 Å². The zero-order valence-electron chi connectivity index (χ0n) is 11.5. The molecule has 4 nitrogen and oxygen atoms in total. The highest BCUT2D eigenvalue weighted by Crippen LogP contribution is 2.22. The van der Waals surface area contributed by atoms with E-state index in [2.05, 4.69) is 14.9 Å². The Morgan fingerprint density at radius 2 is 2.11 bits per heavy atom. The first-order chi connectivity index (χ1) is 9.33. The molecule has 19 heavy (non-hydrogen) atoms. The number of carbonyl (C=O) groups is 1. The van der Waals surface area contributed by atoms with Crippen molar-refractivity contribution in [3.8, 4) is 0 Å². The molecule has 0 unspecified atom stereocenters. The van der Waals surface area contributed by atoms with Crippen LogP contribution < -0.4 is 5.32 Å². The average molecular weight is 261 g/mol. The summed E-state index contributed by atoms with van der Waals surface area (Å²) in [4.78, 5) is 16.6. The number of amides is 1. The Hall–Kier alpha value is -1.32. The Kier molecular flexibility index (Phi) is 3.85. The van der Waals surface area contributed by atoms with Crippen molar-refractivity contribution in [3.63, 3.8) is 0 Å². The molecule has 3 rings (SSSR count). The van der Waals surface area contributed by atoms with Crippen LogP contribution in [0.25, 0.3) is 0 Å². The van der Waals surface area contributed by atoms with Crippen molar-refractivity contribution < 1.29 is 4.79 Å². The van der Waals surface area contributed by atoms with E-state index in [1.807, 2.05) is 6.20 Å². The van der Waals surface area contributed by atoms with Crippen LogP contribution in [0.5, 0.6) is 0 Å². The van der Waals surface area contributed by atoms with Gasteiger partial charge in [0.1, 0.15) is 11.5 Å². The maximum absolute atomic E-state index is 12.1. The Morgan fingerprint density at radius 1 is 1.26 bits per heavy atom. The largest absolute Gasteiger partial charge is 0.350 e. The molecule has 2 heterocycles. The van der Waals surface area contributed by atoms with Gasteiger partial charge in [0.05, 0.1) is 0 Å². The van der Waals surface area contributed by atoms with E-state index in [1.165, 1.54) is 44.9 Å². The normalized spacial score (nSPS) is 20.0. The number of hydrogen-bond donors (Lipinski definition) is 1. The zero-order chi connectivity index (χ0) is 13.1. The third-order valence-corrected chi connectivity index (χ3v) is 4.42. The lowest BCUT2D eigenvalue weighted by molar-refractivity contribution is 0.0939. The van der Waals surface area contributed by atoms with Crippen LogP contribution in [0.1, 0.15) is 61.3 Å². The molecule has 1 fully saturated rings. The van der Waals surface area contributed by atoms with Gasteiger partial charge >= 0.3 is 0 Å². The van der Waals surface area contributed by atoms with Gasteiger partial charge in [0.2, 0.25) is 0 Å². The molecule has 0 spiro atoms. The Labute approximate surface area is 114 Å². The zero-order valence-corrected chi connectivity index (χ0v) is 11.5. The molecule has 1 aromatic heterocycles. The van der Waals surface area contributed by atoms with Gasteiger partial charge in [0.25, 0.3) is 5.91 Å². The Morgan fingerprint density at radius 3 is 2.89 bits per heavy atom. The fraction of sp³-hybridized carbons (Fsp3) is 0.733. The number of fused-ring (bicyclic) bond motifs is 1. The molecule has 1 amide bonds. The summed E-state index contributed by atoms with van der Waals surface area (Å²) >= 11 is 0. The quantitative estimate of drug-likeness (QED) is 0.909. The molecule has 1 aliphatic carbocycles. The smallest absolute Gasteiger partial charge is 0.271 e. The summed E-state index contributed by atoms with van der Waals surface area (Å²) in [6, 6.07) is 0. The van der Waals surface area contributed by atoms with Gasteiger partial charge in [-0.25, -0.2) is 4.98 Å². The van der Waals surface area contributed by atoms with E-state index in [-0.39, 0.29) is 5.91 Å². The van der Waals surface area contributed by atoms with Crippen molar-refractivity contribution >= 4 is 5.91 Å². The van der Waals surface area contributed by atoms with Gasteiger partial charge in [0, 0.05) is 25.7 Å². The number of aromatic nitrogens is 2. The van der Waals surface area contributed by atoms with Gasteiger partial charge in [0.15, 0.2) is 0 Å². The van der Waals surface area contributed by atoms with Crippen LogP contribution in [0.4, 0.5) is 0 Å². The summed E-state index contributed by atoms with van der Waals surface area (Å²) in [5.74, 6) is 1.76. The Bertz CT molecular complexity index is 423. The van der Waals surface area contributed by atoms with E-state index in [0.29, 0.717) is 11.6 Å². The van der Waals surface area contributed by atoms with E-state index < -0.39 is 0 Å². The molecule has 1 aromatic rings. The molecule has 4 heteroatoms. The van der Waals surface area contributed by atoms with Crippen molar-refractivity contribution in [1.82, 2.24) is 14.9 Å². The highest BCUT2D eigenvalue weighted by molar-refractivity contribution is 5.92. The number of rotatable bonds is 3. The van der Waals surface area contributed by atoms with Crippen LogP contribution in [0.15, 0.2) is 6.20 Å². The van der Waals surface area contributed by atoms with Crippen molar-refractivity contribution in [2.45, 2.75) is 57.9 Å². The molecule has 1 saturated carbocycles. The summed E-state index contributed by atoms with van der Waals surface area (Å²) in [6.07, 6.45) is 11.9. The van der Waals surface area contributed by atoms with Gasteiger partial charge in [-0.3, -0.25) is 4.79 Å². The van der Waals surface area contributed by atoms with Crippen molar-refractivity contribution in [1.29, 1.82) is 0 Å². The third-order valence-electron chi connectivity index (χ3n) is 4.42. The number of carbonyl (C=O) groups excluding carboxylic acids is 1. The lowest BCUT2D eigenvalue weighted by Crippen LogP contribution is -2.30. The van der Waals surface area contributed by atoms with E-state index in [1.54, 1.807) is 0 Å². The summed E-state index contributed by atoms with van der Waals surface area (Å²) in [6.45, 7) is 1.83. The predicted octanol–water partition coefficient (Wildman–Crippen LogP) is 2.53. The number of nitrogens with one attached hydrogen (secondary N) is 1. The lowest BCUT2D eigenvalue weighted by Gasteiger charge is -2.21. The molecule has 0 atom stereocenters. The van der Waals surface area contributed by atoms with E-state index in [0.717, 1.165) is 25.3 Å². The van der Waals surface area contributed by atoms with Crippen molar-refractivity contribution in [2.75, 3.05) is 6.54 Å². The second-order valence-electron chi connectivity index (χ2n) is 5.91. The first-order valence-electron chi connectivity index (χ1n) is 7.67. The molecule has 0 radical (unpaired) electrons. The highest BCUT2D eigenvalue weighted by Gasteiger charge is 2.18. The molecular formula is C15H23N3O. The monoisotopic (exact) mass is 261 g/mol. The van der Waals surface area contributed by atoms with Crippen LogP contribution in [0, 0.1) is 5.92 Å². The van der Waals surface area contributed by atoms with Crippen LogP contribution in [-0.2, 0) is 13.0 Å². The molecule has 1 N–H and O–H groups in total. The maximum atomic E-state index is 12.1. The van der Waals surface area contributed by atoms with Gasteiger partial charge in [-0.15, -0.1) is 0 Å². The fourth-order valence-corrected chi connectivity index (χ4v) is 3.24. The summed E-state index contributed by atoms with van der Waals surface area (Å²) in [7, 11) is 0. The predicted molar refractivity (Wildman–Crippen MR) is 74.1 cm³/mol. The first kappa shape index (κ1) is 12.7. The van der Waals surface area contributed by atoms with Crippen molar-refractivity contribution in [3.05, 3.63) is 17.7 Å². The molecule has 104 valence electrons. The summed E-state index contributed by atoms with van der Waals surface area (Å²) in [5.41, 5.74) is 0.604. The van der Waals surface area contributed by atoms with Crippen LogP contribution in [-0.4, -0.2) is 22.0 Å². The molecule has 1 aliphatic heterocycles. The van der Waals surface area contributed by atoms with Crippen LogP contribution in [0.2, 0.25) is 0 Å². The molecule has 0 bridgehead atoms. The van der Waals surface area contributed by atoms with E-state index >= 15 is 0 Å². The number of aryl methyl sites for hydroxylation is 2. The molecule has 0 saturated heterocycles. The minimum absolute atomic E-state index is 0.00692. The minimum atomic E-state index is 0.00692. The lowest BCUT2D eigenvalue weighted by atomic mass is 9.89. The third kappa shape index (κ3) is 2.99. The Balaban J connectivity index is 1.56. The van der Waals surface area contributed by atoms with Crippen LogP contribution >= 0.6 is 0 Å². The van der Waals surface area contributed by atoms with Gasteiger partial charge < -0.3 is 9.88 Å². The van der Waals surface area contributed by atoms with Crippen LogP contribution in [0.3, 0.4) is 0 Å². The minimum Gasteiger partial charge on any atom is -0.350 e. The fourth-order valence-electron chi connectivity index (χ4n) is 3.24. The van der Waals surface area contributed by atoms with E-state index in [4.69, 9.17) is 0 Å². The van der Waals surface area contributed by atoms with E-state index in [9.17, 15) is 4.79 Å². The summed E-state index contributed by atoms with van der Waals surface area (Å²) in [5, 5.41) is 3.06. The SMILES string of the molecule is O=C(NCC1CCCCC1)c1cn2c(n1)CCCC2. The second-order valence-corrected chi connectivity index (χ2v) is 5.91. The summed E-state index contributed by atoms with van der Waals surface area (Å²) < 4.78 is 2.14. The highest BCUT2D eigenvalue weighted by atomic mass is 16.1. The number of nitrogens with zero attached hydrogens (tertiary/aromatic N) is 2. The first-order valence-corrected chi connectivity index (χ1v) is 7.67. The molecule has 2 aliphatic rings. The molecule has 0 aromatic carbocycles. The van der Waals surface area contributed by atoms with Gasteiger partial charge in [-0.05, 0) is 31.6 Å².